The molecular weight excluding hydrogens is 413 g/mol. The number of halogens is 3. The summed E-state index contributed by atoms with van der Waals surface area (Å²) in [5, 5.41) is 9.23. The van der Waals surface area contributed by atoms with Crippen molar-refractivity contribution in [1.82, 2.24) is 9.97 Å². The van der Waals surface area contributed by atoms with Gasteiger partial charge in [-0.3, -0.25) is 0 Å². The van der Waals surface area contributed by atoms with Crippen LogP contribution in [0.25, 0.3) is 11.3 Å². The van der Waals surface area contributed by atoms with Gasteiger partial charge in [-0.25, -0.2) is 19.7 Å². The van der Waals surface area contributed by atoms with E-state index >= 15 is 0 Å². The highest BCUT2D eigenvalue weighted by Gasteiger charge is 2.35. The van der Waals surface area contributed by atoms with Gasteiger partial charge in [0.15, 0.2) is 0 Å². The van der Waals surface area contributed by atoms with E-state index in [0.717, 1.165) is 11.0 Å². The van der Waals surface area contributed by atoms with Crippen molar-refractivity contribution in [2.45, 2.75) is 45.8 Å². The van der Waals surface area contributed by atoms with Crippen molar-refractivity contribution in [3.63, 3.8) is 0 Å². The topological polar surface area (TPSA) is 102 Å². The summed E-state index contributed by atoms with van der Waals surface area (Å²) in [4.78, 5) is 20.2. The molecule has 1 aromatic carbocycles. The Morgan fingerprint density at radius 2 is 1.97 bits per heavy atom. The normalized spacial score (nSPS) is 13.7. The average molecular weight is 440 g/mol. The molecular formula is C21H27F3N4O3. The van der Waals surface area contributed by atoms with Crippen LogP contribution in [0.3, 0.4) is 0 Å². The molecule has 3 N–H and O–H groups in total. The molecule has 31 heavy (non-hydrogen) atoms. The number of hydrogen-bond acceptors (Lipinski definition) is 5. The molecule has 2 aromatic rings. The Bertz CT molecular complexity index is 917. The van der Waals surface area contributed by atoms with Crippen molar-refractivity contribution in [3.8, 4) is 17.0 Å². The number of nitrogens with zero attached hydrogens (tertiary/aromatic N) is 3. The molecule has 0 unspecified atom stereocenters. The number of rotatable bonds is 8. The van der Waals surface area contributed by atoms with E-state index in [1.54, 1.807) is 13.8 Å². The van der Waals surface area contributed by atoms with Gasteiger partial charge < -0.3 is 15.6 Å². The minimum atomic E-state index is -4.67. The molecule has 1 aromatic heterocycles. The van der Waals surface area contributed by atoms with Gasteiger partial charge in [-0.2, -0.15) is 13.2 Å². The molecule has 0 radical (unpaired) electrons. The highest BCUT2D eigenvalue weighted by molar-refractivity contribution is 5.83. The predicted octanol–water partition coefficient (Wildman–Crippen LogP) is 4.81. The van der Waals surface area contributed by atoms with Gasteiger partial charge in [0.25, 0.3) is 0 Å². The molecule has 0 aliphatic carbocycles. The lowest BCUT2D eigenvalue weighted by Crippen LogP contribution is -2.43. The van der Waals surface area contributed by atoms with E-state index in [0.29, 0.717) is 6.42 Å². The molecule has 0 aliphatic rings. The average Bonchev–Trinajstić information content (AvgIpc) is 2.65. The molecule has 0 fully saturated rings. The van der Waals surface area contributed by atoms with Gasteiger partial charge in [0, 0.05) is 23.8 Å². The fraction of sp³-hybridized carbons (Fsp3) is 0.476. The maximum Gasteiger partial charge on any atom is 0.419 e. The lowest BCUT2D eigenvalue weighted by atomic mass is 9.93. The number of amides is 1. The molecule has 0 saturated heterocycles. The van der Waals surface area contributed by atoms with Crippen molar-refractivity contribution in [2.75, 3.05) is 18.1 Å². The Morgan fingerprint density at radius 1 is 1.29 bits per heavy atom. The van der Waals surface area contributed by atoms with Gasteiger partial charge in [0.05, 0.1) is 11.3 Å². The summed E-state index contributed by atoms with van der Waals surface area (Å²) in [6.45, 7) is 7.30. The zero-order valence-electron chi connectivity index (χ0n) is 17.9. The third kappa shape index (κ3) is 6.55. The summed E-state index contributed by atoms with van der Waals surface area (Å²) in [6, 6.07) is 4.99. The van der Waals surface area contributed by atoms with E-state index < -0.39 is 23.4 Å². The van der Waals surface area contributed by atoms with Crippen LogP contribution in [-0.2, 0) is 6.18 Å². The highest BCUT2D eigenvalue weighted by atomic mass is 19.4. The second kappa shape index (κ2) is 9.51. The fourth-order valence-corrected chi connectivity index (χ4v) is 3.27. The van der Waals surface area contributed by atoms with Crippen molar-refractivity contribution in [2.24, 2.45) is 11.7 Å². The Labute approximate surface area is 179 Å². The number of ether oxygens (including phenoxy) is 1. The predicted molar refractivity (Wildman–Crippen MR) is 111 cm³/mol. The summed E-state index contributed by atoms with van der Waals surface area (Å²) in [7, 11) is 0. The van der Waals surface area contributed by atoms with Crippen LogP contribution < -0.4 is 15.4 Å². The number of carboxylic acid groups (broad SMARTS) is 1. The largest absolute Gasteiger partial charge is 0.491 e. The van der Waals surface area contributed by atoms with Crippen molar-refractivity contribution in [3.05, 3.63) is 36.0 Å². The summed E-state index contributed by atoms with van der Waals surface area (Å²) in [5.74, 6) is -0.177. The second-order valence-electron chi connectivity index (χ2n) is 8.02. The summed E-state index contributed by atoms with van der Waals surface area (Å²) >= 11 is 0. The van der Waals surface area contributed by atoms with Gasteiger partial charge in [-0.1, -0.05) is 13.8 Å². The summed E-state index contributed by atoms with van der Waals surface area (Å²) in [6.07, 6.45) is -4.04. The summed E-state index contributed by atoms with van der Waals surface area (Å²) < 4.78 is 46.6. The van der Waals surface area contributed by atoms with E-state index in [2.05, 4.69) is 9.97 Å². The zero-order valence-corrected chi connectivity index (χ0v) is 17.9. The number of anilines is 1. The molecule has 7 nitrogen and oxygen atoms in total. The van der Waals surface area contributed by atoms with Crippen LogP contribution in [0.2, 0.25) is 0 Å². The van der Waals surface area contributed by atoms with Gasteiger partial charge in [-0.15, -0.1) is 0 Å². The van der Waals surface area contributed by atoms with Gasteiger partial charge in [0.1, 0.15) is 12.4 Å². The fourth-order valence-electron chi connectivity index (χ4n) is 3.27. The van der Waals surface area contributed by atoms with Crippen molar-refractivity contribution in [1.29, 1.82) is 0 Å². The molecule has 0 bridgehead atoms. The third-order valence-electron chi connectivity index (χ3n) is 4.44. The van der Waals surface area contributed by atoms with Crippen LogP contribution in [0.15, 0.2) is 30.5 Å². The van der Waals surface area contributed by atoms with E-state index in [9.17, 15) is 23.1 Å². The monoisotopic (exact) mass is 440 g/mol. The Balaban J connectivity index is 2.39. The van der Waals surface area contributed by atoms with E-state index in [4.69, 9.17) is 10.5 Å². The molecule has 1 heterocycles. The first-order chi connectivity index (χ1) is 14.3. The van der Waals surface area contributed by atoms with Crippen molar-refractivity contribution >= 4 is 12.0 Å². The minimum Gasteiger partial charge on any atom is -0.491 e. The molecule has 10 heteroatoms. The minimum absolute atomic E-state index is 0.0741. The molecule has 2 rings (SSSR count). The molecule has 0 spiro atoms. The SMILES string of the molecule is CCN(C(=O)O)c1nccc(-c2ccc(OC[C@@](C)(N)CC(C)C)c(C(F)(F)F)c2)n1. The first kappa shape index (κ1) is 24.4. The summed E-state index contributed by atoms with van der Waals surface area (Å²) in [5.41, 5.74) is 4.72. The van der Waals surface area contributed by atoms with Crippen LogP contribution in [0.4, 0.5) is 23.9 Å². The number of hydrogen-bond donors (Lipinski definition) is 2. The number of alkyl halides is 3. The van der Waals surface area contributed by atoms with E-state index in [-0.39, 0.29) is 42.0 Å². The molecule has 0 saturated carbocycles. The Morgan fingerprint density at radius 3 is 2.52 bits per heavy atom. The Hall–Kier alpha value is -2.88. The second-order valence-corrected chi connectivity index (χ2v) is 8.02. The quantitative estimate of drug-likeness (QED) is 0.611. The van der Waals surface area contributed by atoms with Crippen LogP contribution in [0.1, 0.15) is 39.7 Å². The third-order valence-corrected chi connectivity index (χ3v) is 4.44. The molecule has 0 aliphatic heterocycles. The number of carbonyl (C=O) groups is 1. The lowest BCUT2D eigenvalue weighted by Gasteiger charge is -2.27. The molecule has 1 atom stereocenters. The standard InChI is InChI=1S/C21H27F3N4O3/c1-5-28(19(29)30)18-26-9-8-16(27-18)14-6-7-17(15(10-14)21(22,23)24)31-12-20(4,25)11-13(2)3/h6-10,13H,5,11-12,25H2,1-4H3,(H,29,30)/t20-/m0/s1. The Kier molecular flexibility index (Phi) is 7.48. The van der Waals surface area contributed by atoms with Gasteiger partial charge in [-0.05, 0) is 50.5 Å². The number of nitrogens with two attached hydrogens (primary N) is 1. The van der Waals surface area contributed by atoms with Crippen LogP contribution in [0.5, 0.6) is 5.75 Å². The maximum atomic E-state index is 13.7. The molecule has 1 amide bonds. The zero-order chi connectivity index (χ0) is 23.4. The first-order valence-electron chi connectivity index (χ1n) is 9.81. The smallest absolute Gasteiger partial charge is 0.419 e. The number of benzene rings is 1. The first-order valence-corrected chi connectivity index (χ1v) is 9.81. The molecule has 170 valence electrons. The van der Waals surface area contributed by atoms with Crippen LogP contribution in [0, 0.1) is 5.92 Å². The lowest BCUT2D eigenvalue weighted by molar-refractivity contribution is -0.139. The van der Waals surface area contributed by atoms with Crippen LogP contribution >= 0.6 is 0 Å². The van der Waals surface area contributed by atoms with Crippen molar-refractivity contribution < 1.29 is 27.8 Å². The van der Waals surface area contributed by atoms with E-state index in [1.165, 1.54) is 24.4 Å². The highest BCUT2D eigenvalue weighted by Crippen LogP contribution is 2.39. The van der Waals surface area contributed by atoms with Gasteiger partial charge in [0.2, 0.25) is 5.95 Å². The maximum absolute atomic E-state index is 13.7. The van der Waals surface area contributed by atoms with Gasteiger partial charge >= 0.3 is 12.3 Å². The number of aromatic nitrogens is 2. The van der Waals surface area contributed by atoms with E-state index in [1.807, 2.05) is 13.8 Å². The van der Waals surface area contributed by atoms with Crippen LogP contribution in [-0.4, -0.2) is 39.9 Å².